The van der Waals surface area contributed by atoms with Crippen LogP contribution in [0.1, 0.15) is 5.56 Å². The Hall–Kier alpha value is -3.05. The standard InChI is InChI=1S/C20H16ClF3N4O3S/c1-28(10-16(29)25-15-8-3-2-7-14(15)20(22,23)24)17(30)11-32-19-27-26-18(31-19)12-5-4-6-13(21)9-12/h2-9H,10-11H2,1H3,(H,25,29). The van der Waals surface area contributed by atoms with Crippen LogP contribution in [0.5, 0.6) is 0 Å². The number of likely N-dealkylation sites (N-methyl/N-ethyl adjacent to an activating group) is 1. The number of para-hydroxylation sites is 1. The molecule has 0 radical (unpaired) electrons. The first kappa shape index (κ1) is 23.6. The largest absolute Gasteiger partial charge is 0.418 e. The first-order chi connectivity index (χ1) is 15.1. The minimum Gasteiger partial charge on any atom is -0.411 e. The molecule has 0 aliphatic carbocycles. The molecule has 0 saturated carbocycles. The normalized spacial score (nSPS) is 11.3. The Morgan fingerprint density at radius 3 is 2.62 bits per heavy atom. The number of amides is 2. The lowest BCUT2D eigenvalue weighted by atomic mass is 10.1. The molecule has 3 rings (SSSR count). The molecular formula is C20H16ClF3N4O3S. The van der Waals surface area contributed by atoms with E-state index in [4.69, 9.17) is 16.0 Å². The van der Waals surface area contributed by atoms with Crippen LogP contribution in [0.25, 0.3) is 11.5 Å². The first-order valence-electron chi connectivity index (χ1n) is 9.06. The van der Waals surface area contributed by atoms with E-state index in [1.165, 1.54) is 19.2 Å². The van der Waals surface area contributed by atoms with Crippen molar-refractivity contribution in [3.63, 3.8) is 0 Å². The maximum atomic E-state index is 13.0. The summed E-state index contributed by atoms with van der Waals surface area (Å²) in [6.07, 6.45) is -4.61. The monoisotopic (exact) mass is 484 g/mol. The highest BCUT2D eigenvalue weighted by molar-refractivity contribution is 7.99. The van der Waals surface area contributed by atoms with Crippen LogP contribution < -0.4 is 5.32 Å². The number of halogens is 4. The SMILES string of the molecule is CN(CC(=O)Nc1ccccc1C(F)(F)F)C(=O)CSc1nnc(-c2cccc(Cl)c2)o1. The topological polar surface area (TPSA) is 88.3 Å². The van der Waals surface area contributed by atoms with Gasteiger partial charge in [-0.3, -0.25) is 9.59 Å². The Morgan fingerprint density at radius 2 is 1.91 bits per heavy atom. The van der Waals surface area contributed by atoms with Gasteiger partial charge in [-0.15, -0.1) is 10.2 Å². The Morgan fingerprint density at radius 1 is 1.16 bits per heavy atom. The van der Waals surface area contributed by atoms with Crippen LogP contribution in [-0.2, 0) is 15.8 Å². The van der Waals surface area contributed by atoms with Crippen LogP contribution in [0, 0.1) is 0 Å². The maximum Gasteiger partial charge on any atom is 0.418 e. The molecule has 2 amide bonds. The summed E-state index contributed by atoms with van der Waals surface area (Å²) in [5.74, 6) is -1.08. The zero-order valence-electron chi connectivity index (χ0n) is 16.5. The van der Waals surface area contributed by atoms with Gasteiger partial charge >= 0.3 is 6.18 Å². The van der Waals surface area contributed by atoms with Gasteiger partial charge in [0.1, 0.15) is 0 Å². The van der Waals surface area contributed by atoms with Gasteiger partial charge in [-0.2, -0.15) is 13.2 Å². The third-order valence-electron chi connectivity index (χ3n) is 4.11. The lowest BCUT2D eigenvalue weighted by molar-refractivity contribution is -0.137. The van der Waals surface area contributed by atoms with Gasteiger partial charge in [-0.25, -0.2) is 0 Å². The molecule has 0 unspecified atom stereocenters. The number of nitrogens with one attached hydrogen (secondary N) is 1. The second-order valence-corrected chi connectivity index (χ2v) is 7.88. The fraction of sp³-hybridized carbons (Fsp3) is 0.200. The minimum atomic E-state index is -4.61. The van der Waals surface area contributed by atoms with E-state index in [0.29, 0.717) is 10.6 Å². The Labute approximate surface area is 189 Å². The first-order valence-corrected chi connectivity index (χ1v) is 10.4. The fourth-order valence-electron chi connectivity index (χ4n) is 2.57. The molecule has 0 aliphatic heterocycles. The van der Waals surface area contributed by atoms with E-state index in [9.17, 15) is 22.8 Å². The number of benzene rings is 2. The number of anilines is 1. The summed E-state index contributed by atoms with van der Waals surface area (Å²) in [4.78, 5) is 25.5. The Balaban J connectivity index is 1.53. The quantitative estimate of drug-likeness (QED) is 0.493. The van der Waals surface area contributed by atoms with Crippen LogP contribution in [0.2, 0.25) is 5.02 Å². The molecule has 0 aliphatic rings. The Kier molecular flexibility index (Phi) is 7.41. The number of carbonyl (C=O) groups excluding carboxylic acids is 2. The highest BCUT2D eigenvalue weighted by atomic mass is 35.5. The van der Waals surface area contributed by atoms with Crippen LogP contribution >= 0.6 is 23.4 Å². The third kappa shape index (κ3) is 6.24. The molecule has 0 atom stereocenters. The number of hydrogen-bond donors (Lipinski definition) is 1. The van der Waals surface area contributed by atoms with E-state index >= 15 is 0 Å². The molecular weight excluding hydrogens is 469 g/mol. The van der Waals surface area contributed by atoms with E-state index in [1.54, 1.807) is 24.3 Å². The number of alkyl halides is 3. The Bertz CT molecular complexity index is 1120. The van der Waals surface area contributed by atoms with Gasteiger partial charge < -0.3 is 14.6 Å². The van der Waals surface area contributed by atoms with Crippen molar-refractivity contribution in [2.75, 3.05) is 24.7 Å². The van der Waals surface area contributed by atoms with E-state index in [1.807, 2.05) is 0 Å². The van der Waals surface area contributed by atoms with Crippen molar-refractivity contribution in [1.82, 2.24) is 15.1 Å². The lowest BCUT2D eigenvalue weighted by Gasteiger charge is -2.18. The van der Waals surface area contributed by atoms with E-state index in [0.717, 1.165) is 28.8 Å². The molecule has 3 aromatic rings. The molecule has 2 aromatic carbocycles. The predicted octanol–water partition coefficient (Wildman–Crippen LogP) is 4.60. The van der Waals surface area contributed by atoms with Crippen LogP contribution in [-0.4, -0.2) is 46.3 Å². The molecule has 0 saturated heterocycles. The average molecular weight is 485 g/mol. The summed E-state index contributed by atoms with van der Waals surface area (Å²) in [7, 11) is 1.36. The van der Waals surface area contributed by atoms with Crippen LogP contribution in [0.15, 0.2) is 58.2 Å². The minimum absolute atomic E-state index is 0.111. The second kappa shape index (κ2) is 10.0. The molecule has 0 bridgehead atoms. The molecule has 1 heterocycles. The van der Waals surface area contributed by atoms with Gasteiger partial charge in [0.25, 0.3) is 5.22 Å². The predicted molar refractivity (Wildman–Crippen MR) is 113 cm³/mol. The van der Waals surface area contributed by atoms with Gasteiger partial charge in [0, 0.05) is 17.6 Å². The summed E-state index contributed by atoms with van der Waals surface area (Å²) in [6, 6.07) is 11.4. The third-order valence-corrected chi connectivity index (χ3v) is 5.15. The van der Waals surface area contributed by atoms with Crippen molar-refractivity contribution in [1.29, 1.82) is 0 Å². The van der Waals surface area contributed by atoms with Gasteiger partial charge in [-0.1, -0.05) is 41.6 Å². The van der Waals surface area contributed by atoms with Gasteiger partial charge in [0.15, 0.2) is 0 Å². The fourth-order valence-corrected chi connectivity index (χ4v) is 3.47. The molecule has 1 N–H and O–H groups in total. The van der Waals surface area contributed by atoms with Crippen molar-refractivity contribution >= 4 is 40.9 Å². The number of carbonyl (C=O) groups is 2. The smallest absolute Gasteiger partial charge is 0.411 e. The maximum absolute atomic E-state index is 13.0. The lowest BCUT2D eigenvalue weighted by Crippen LogP contribution is -2.36. The number of rotatable bonds is 7. The zero-order chi connectivity index (χ0) is 23.3. The number of aromatic nitrogens is 2. The van der Waals surface area contributed by atoms with Crippen LogP contribution in [0.3, 0.4) is 0 Å². The number of nitrogens with zero attached hydrogens (tertiary/aromatic N) is 3. The highest BCUT2D eigenvalue weighted by Gasteiger charge is 2.33. The highest BCUT2D eigenvalue weighted by Crippen LogP contribution is 2.34. The summed E-state index contributed by atoms with van der Waals surface area (Å²) >= 11 is 6.90. The summed E-state index contributed by atoms with van der Waals surface area (Å²) in [5.41, 5.74) is -0.722. The number of thioether (sulfide) groups is 1. The van der Waals surface area contributed by atoms with Gasteiger partial charge in [0.2, 0.25) is 17.7 Å². The van der Waals surface area contributed by atoms with Crippen molar-refractivity contribution in [3.05, 3.63) is 59.1 Å². The molecule has 168 valence electrons. The molecule has 32 heavy (non-hydrogen) atoms. The van der Waals surface area contributed by atoms with E-state index in [2.05, 4.69) is 15.5 Å². The molecule has 1 aromatic heterocycles. The molecule has 0 fully saturated rings. The van der Waals surface area contributed by atoms with Crippen molar-refractivity contribution in [2.24, 2.45) is 0 Å². The molecule has 12 heteroatoms. The number of hydrogen-bond acceptors (Lipinski definition) is 6. The second-order valence-electron chi connectivity index (χ2n) is 6.51. The zero-order valence-corrected chi connectivity index (χ0v) is 18.1. The van der Waals surface area contributed by atoms with Crippen LogP contribution in [0.4, 0.5) is 18.9 Å². The summed E-state index contributed by atoms with van der Waals surface area (Å²) in [6.45, 7) is -0.427. The molecule has 7 nitrogen and oxygen atoms in total. The van der Waals surface area contributed by atoms with Crippen molar-refractivity contribution < 1.29 is 27.2 Å². The van der Waals surface area contributed by atoms with E-state index < -0.39 is 30.1 Å². The van der Waals surface area contributed by atoms with Crippen molar-refractivity contribution in [2.45, 2.75) is 11.4 Å². The van der Waals surface area contributed by atoms with Crippen molar-refractivity contribution in [3.8, 4) is 11.5 Å². The van der Waals surface area contributed by atoms with E-state index in [-0.39, 0.29) is 22.6 Å². The average Bonchev–Trinajstić information content (AvgIpc) is 3.20. The van der Waals surface area contributed by atoms with Gasteiger partial charge in [-0.05, 0) is 30.3 Å². The molecule has 0 spiro atoms. The summed E-state index contributed by atoms with van der Waals surface area (Å²) in [5, 5.41) is 10.6. The van der Waals surface area contributed by atoms with Gasteiger partial charge in [0.05, 0.1) is 23.5 Å². The summed E-state index contributed by atoms with van der Waals surface area (Å²) < 4.78 is 44.6.